The van der Waals surface area contributed by atoms with Crippen molar-refractivity contribution < 1.29 is 9.53 Å². The van der Waals surface area contributed by atoms with Gasteiger partial charge in [0.25, 0.3) is 5.91 Å². The van der Waals surface area contributed by atoms with Crippen molar-refractivity contribution in [2.24, 2.45) is 0 Å². The van der Waals surface area contributed by atoms with Gasteiger partial charge in [-0.1, -0.05) is 12.1 Å². The summed E-state index contributed by atoms with van der Waals surface area (Å²) in [5.74, 6) is 0.987. The summed E-state index contributed by atoms with van der Waals surface area (Å²) >= 11 is 0. The molecule has 0 radical (unpaired) electrons. The van der Waals surface area contributed by atoms with Crippen LogP contribution in [0.2, 0.25) is 0 Å². The molecule has 0 atom stereocenters. The first kappa shape index (κ1) is 18.4. The van der Waals surface area contributed by atoms with Gasteiger partial charge in [0.2, 0.25) is 5.95 Å². The van der Waals surface area contributed by atoms with Crippen LogP contribution in [0.5, 0.6) is 5.75 Å². The highest BCUT2D eigenvalue weighted by atomic mass is 16.5. The zero-order valence-electron chi connectivity index (χ0n) is 15.6. The van der Waals surface area contributed by atoms with Crippen molar-refractivity contribution in [3.63, 3.8) is 0 Å². The molecule has 27 heavy (non-hydrogen) atoms. The topological polar surface area (TPSA) is 76.1 Å². The van der Waals surface area contributed by atoms with Gasteiger partial charge in [0.05, 0.1) is 12.2 Å². The summed E-state index contributed by atoms with van der Waals surface area (Å²) in [7, 11) is 0. The third-order valence-corrected chi connectivity index (χ3v) is 3.98. The maximum Gasteiger partial charge on any atom is 0.258 e. The molecule has 0 aliphatic rings. The molecule has 1 amide bonds. The maximum absolute atomic E-state index is 12.4. The summed E-state index contributed by atoms with van der Waals surface area (Å²) in [5, 5.41) is 6.00. The third kappa shape index (κ3) is 4.82. The summed E-state index contributed by atoms with van der Waals surface area (Å²) in [6, 6.07) is 13.4. The number of carbonyl (C=O) groups is 1. The van der Waals surface area contributed by atoms with E-state index in [4.69, 9.17) is 4.74 Å². The van der Waals surface area contributed by atoms with Crippen molar-refractivity contribution in [1.29, 1.82) is 0 Å². The number of ether oxygens (including phenoxy) is 1. The summed E-state index contributed by atoms with van der Waals surface area (Å²) < 4.78 is 5.41. The predicted molar refractivity (Wildman–Crippen MR) is 107 cm³/mol. The molecule has 2 N–H and O–H groups in total. The van der Waals surface area contributed by atoms with E-state index in [0.29, 0.717) is 18.1 Å². The van der Waals surface area contributed by atoms with E-state index >= 15 is 0 Å². The van der Waals surface area contributed by atoms with Crippen LogP contribution in [0.15, 0.2) is 54.9 Å². The molecule has 1 aromatic heterocycles. The van der Waals surface area contributed by atoms with Gasteiger partial charge in [-0.25, -0.2) is 9.97 Å². The van der Waals surface area contributed by atoms with Gasteiger partial charge in [-0.15, -0.1) is 0 Å². The molecular formula is C21H22N4O2. The van der Waals surface area contributed by atoms with Gasteiger partial charge >= 0.3 is 0 Å². The lowest BCUT2D eigenvalue weighted by Crippen LogP contribution is -2.14. The molecular weight excluding hydrogens is 340 g/mol. The molecule has 0 aliphatic heterocycles. The van der Waals surface area contributed by atoms with Gasteiger partial charge in [-0.3, -0.25) is 4.79 Å². The molecule has 0 aliphatic carbocycles. The monoisotopic (exact) mass is 362 g/mol. The maximum atomic E-state index is 12.4. The molecule has 6 heteroatoms. The van der Waals surface area contributed by atoms with Crippen molar-refractivity contribution in [3.8, 4) is 5.75 Å². The van der Waals surface area contributed by atoms with E-state index in [1.807, 2.05) is 63.2 Å². The van der Waals surface area contributed by atoms with Gasteiger partial charge < -0.3 is 15.4 Å². The van der Waals surface area contributed by atoms with Crippen LogP contribution in [-0.4, -0.2) is 22.5 Å². The number of aromatic nitrogens is 2. The summed E-state index contributed by atoms with van der Waals surface area (Å²) in [5.41, 5.74) is 4.11. The van der Waals surface area contributed by atoms with Crippen molar-refractivity contribution in [2.75, 3.05) is 17.2 Å². The molecule has 0 saturated heterocycles. The fourth-order valence-electron chi connectivity index (χ4n) is 2.51. The molecule has 0 fully saturated rings. The van der Waals surface area contributed by atoms with E-state index in [1.54, 1.807) is 0 Å². The van der Waals surface area contributed by atoms with Gasteiger partial charge in [0.15, 0.2) is 0 Å². The van der Waals surface area contributed by atoms with E-state index in [-0.39, 0.29) is 5.91 Å². The van der Waals surface area contributed by atoms with E-state index in [2.05, 4.69) is 20.6 Å². The molecule has 3 aromatic rings. The highest BCUT2D eigenvalue weighted by Gasteiger charge is 2.09. The highest BCUT2D eigenvalue weighted by molar-refractivity contribution is 6.04. The van der Waals surface area contributed by atoms with Crippen molar-refractivity contribution in [2.45, 2.75) is 20.8 Å². The number of hydrogen-bond acceptors (Lipinski definition) is 5. The Bertz CT molecular complexity index is 922. The van der Waals surface area contributed by atoms with Crippen LogP contribution in [0.1, 0.15) is 28.4 Å². The Morgan fingerprint density at radius 1 is 1.04 bits per heavy atom. The minimum absolute atomic E-state index is 0.240. The zero-order chi connectivity index (χ0) is 19.2. The predicted octanol–water partition coefficient (Wildman–Crippen LogP) is 4.49. The summed E-state index contributed by atoms with van der Waals surface area (Å²) in [6.07, 6.45) is 3.01. The van der Waals surface area contributed by atoms with Gasteiger partial charge in [-0.05, 0) is 62.2 Å². The lowest BCUT2D eigenvalue weighted by molar-refractivity contribution is 0.102. The smallest absolute Gasteiger partial charge is 0.258 e. The quantitative estimate of drug-likeness (QED) is 0.676. The Balaban J connectivity index is 1.65. The zero-order valence-corrected chi connectivity index (χ0v) is 15.6. The minimum Gasteiger partial charge on any atom is -0.494 e. The number of carbonyl (C=O) groups excluding carboxylic acids is 1. The number of aryl methyl sites for hydroxylation is 2. The summed E-state index contributed by atoms with van der Waals surface area (Å²) in [4.78, 5) is 20.9. The van der Waals surface area contributed by atoms with E-state index in [1.165, 1.54) is 12.4 Å². The van der Waals surface area contributed by atoms with Crippen LogP contribution < -0.4 is 15.4 Å². The molecule has 6 nitrogen and oxygen atoms in total. The van der Waals surface area contributed by atoms with Crippen molar-refractivity contribution in [1.82, 2.24) is 9.97 Å². The molecule has 0 unspecified atom stereocenters. The number of hydrogen-bond donors (Lipinski definition) is 2. The number of amides is 1. The Hall–Kier alpha value is -3.41. The van der Waals surface area contributed by atoms with E-state index < -0.39 is 0 Å². The van der Waals surface area contributed by atoms with E-state index in [0.717, 1.165) is 28.3 Å². The van der Waals surface area contributed by atoms with Crippen LogP contribution in [0.4, 0.5) is 17.3 Å². The highest BCUT2D eigenvalue weighted by Crippen LogP contribution is 2.19. The molecule has 1 heterocycles. The van der Waals surface area contributed by atoms with Crippen LogP contribution in [0.3, 0.4) is 0 Å². The number of benzene rings is 2. The van der Waals surface area contributed by atoms with Gasteiger partial charge in [0, 0.05) is 23.8 Å². The Morgan fingerprint density at radius 3 is 2.41 bits per heavy atom. The number of anilines is 3. The molecule has 138 valence electrons. The Labute approximate surface area is 158 Å². The largest absolute Gasteiger partial charge is 0.494 e. The van der Waals surface area contributed by atoms with Gasteiger partial charge in [0.1, 0.15) is 5.75 Å². The molecule has 0 saturated carbocycles. The van der Waals surface area contributed by atoms with Crippen molar-refractivity contribution in [3.05, 3.63) is 71.5 Å². The van der Waals surface area contributed by atoms with E-state index in [9.17, 15) is 4.79 Å². The van der Waals surface area contributed by atoms with Crippen LogP contribution in [-0.2, 0) is 0 Å². The fraction of sp³-hybridized carbons (Fsp3) is 0.190. The number of nitrogens with zero attached hydrogens (tertiary/aromatic N) is 2. The molecule has 0 spiro atoms. The third-order valence-electron chi connectivity index (χ3n) is 3.98. The first-order chi connectivity index (χ1) is 13.0. The van der Waals surface area contributed by atoms with Crippen molar-refractivity contribution >= 4 is 23.2 Å². The Morgan fingerprint density at radius 2 is 1.74 bits per heavy atom. The normalized spacial score (nSPS) is 10.3. The molecule has 0 bridgehead atoms. The second-order valence-corrected chi connectivity index (χ2v) is 6.15. The molecule has 3 rings (SSSR count). The number of rotatable bonds is 6. The summed E-state index contributed by atoms with van der Waals surface area (Å²) in [6.45, 7) is 6.51. The number of nitrogens with one attached hydrogen (secondary N) is 2. The first-order valence-corrected chi connectivity index (χ1v) is 8.75. The average Bonchev–Trinajstić information content (AvgIpc) is 2.67. The Kier molecular flexibility index (Phi) is 5.66. The van der Waals surface area contributed by atoms with Gasteiger partial charge in [-0.2, -0.15) is 0 Å². The molecule has 2 aromatic carbocycles. The average molecular weight is 362 g/mol. The van der Waals surface area contributed by atoms with Crippen LogP contribution >= 0.6 is 0 Å². The lowest BCUT2D eigenvalue weighted by Gasteiger charge is -2.10. The second kappa shape index (κ2) is 8.31. The van der Waals surface area contributed by atoms with Crippen LogP contribution in [0.25, 0.3) is 0 Å². The SMILES string of the molecule is CCOc1ccc(Nc2ncc(C(=O)Nc3cc(C)ccc3C)cn2)cc1. The minimum atomic E-state index is -0.240. The first-order valence-electron chi connectivity index (χ1n) is 8.75. The van der Waals surface area contributed by atoms with Crippen LogP contribution in [0, 0.1) is 13.8 Å². The lowest BCUT2D eigenvalue weighted by atomic mass is 10.1. The fourth-order valence-corrected chi connectivity index (χ4v) is 2.51. The second-order valence-electron chi connectivity index (χ2n) is 6.15. The standard InChI is InChI=1S/C21H22N4O2/c1-4-27-18-9-7-17(8-10-18)24-21-22-12-16(13-23-21)20(26)25-19-11-14(2)5-6-15(19)3/h5-13H,4H2,1-3H3,(H,25,26)(H,22,23,24).